The molecule has 0 spiro atoms. The number of hydrogen-bond donors (Lipinski definition) is 0. The third-order valence-corrected chi connectivity index (χ3v) is 3.22. The zero-order valence-corrected chi connectivity index (χ0v) is 12.0. The van der Waals surface area contributed by atoms with Crippen LogP contribution in [0.4, 0.5) is 0 Å². The first-order valence-electron chi connectivity index (χ1n) is 5.49. The molecule has 0 heterocycles. The van der Waals surface area contributed by atoms with Gasteiger partial charge in [0.05, 0.1) is 5.02 Å². The third kappa shape index (κ3) is 3.84. The second-order valence-electron chi connectivity index (χ2n) is 3.88. The van der Waals surface area contributed by atoms with Crippen molar-refractivity contribution in [3.05, 3.63) is 74.7 Å². The molecule has 0 fully saturated rings. The highest BCUT2D eigenvalue weighted by Gasteiger charge is 2.05. The Bertz CT molecular complexity index is 627. The minimum absolute atomic E-state index is 0.165. The van der Waals surface area contributed by atoms with Gasteiger partial charge in [-0.15, -0.1) is 0 Å². The van der Waals surface area contributed by atoms with E-state index in [0.717, 1.165) is 5.56 Å². The molecule has 0 radical (unpaired) electrons. The summed E-state index contributed by atoms with van der Waals surface area (Å²) in [7, 11) is 0. The molecule has 0 atom stereocenters. The van der Waals surface area contributed by atoms with Crippen LogP contribution in [0.25, 0.3) is 6.08 Å². The lowest BCUT2D eigenvalue weighted by Gasteiger charge is -1.99. The predicted octanol–water partition coefficient (Wildman–Crippen LogP) is 5.54. The van der Waals surface area contributed by atoms with Crippen molar-refractivity contribution in [1.82, 2.24) is 0 Å². The van der Waals surface area contributed by atoms with Gasteiger partial charge in [-0.25, -0.2) is 0 Å². The Hall–Kier alpha value is -1.28. The zero-order chi connectivity index (χ0) is 13.8. The lowest BCUT2D eigenvalue weighted by molar-refractivity contribution is 0.104. The van der Waals surface area contributed by atoms with E-state index in [0.29, 0.717) is 20.6 Å². The smallest absolute Gasteiger partial charge is 0.187 e. The Balaban J connectivity index is 2.23. The summed E-state index contributed by atoms with van der Waals surface area (Å²) in [6, 6.07) is 12.0. The van der Waals surface area contributed by atoms with E-state index in [9.17, 15) is 4.79 Å². The van der Waals surface area contributed by atoms with Gasteiger partial charge in [-0.3, -0.25) is 4.79 Å². The van der Waals surface area contributed by atoms with E-state index in [4.69, 9.17) is 34.8 Å². The molecule has 19 heavy (non-hydrogen) atoms. The van der Waals surface area contributed by atoms with Crippen LogP contribution in [0.1, 0.15) is 15.9 Å². The average molecular weight is 312 g/mol. The summed E-state index contributed by atoms with van der Waals surface area (Å²) < 4.78 is 0. The summed E-state index contributed by atoms with van der Waals surface area (Å²) in [4.78, 5) is 12.0. The summed E-state index contributed by atoms with van der Waals surface area (Å²) in [5.41, 5.74) is 1.23. The molecule has 4 heteroatoms. The van der Waals surface area contributed by atoms with Crippen molar-refractivity contribution < 1.29 is 4.79 Å². The highest BCUT2D eigenvalue weighted by molar-refractivity contribution is 6.35. The van der Waals surface area contributed by atoms with Gasteiger partial charge in [0.15, 0.2) is 5.78 Å². The molecule has 0 aliphatic heterocycles. The van der Waals surface area contributed by atoms with E-state index in [1.165, 1.54) is 6.08 Å². The van der Waals surface area contributed by atoms with E-state index in [1.807, 2.05) is 0 Å². The Morgan fingerprint density at radius 1 is 0.947 bits per heavy atom. The maximum Gasteiger partial charge on any atom is 0.187 e. The summed E-state index contributed by atoms with van der Waals surface area (Å²) in [6.45, 7) is 0. The fourth-order valence-corrected chi connectivity index (χ4v) is 2.37. The van der Waals surface area contributed by atoms with Gasteiger partial charge < -0.3 is 0 Å². The van der Waals surface area contributed by atoms with Gasteiger partial charge in [0.25, 0.3) is 0 Å². The van der Waals surface area contributed by atoms with Crippen molar-refractivity contribution in [2.45, 2.75) is 0 Å². The minimum Gasteiger partial charge on any atom is -0.289 e. The van der Waals surface area contributed by atoms with Crippen molar-refractivity contribution in [1.29, 1.82) is 0 Å². The average Bonchev–Trinajstić information content (AvgIpc) is 2.35. The number of halogens is 3. The van der Waals surface area contributed by atoms with Gasteiger partial charge in [-0.05, 0) is 42.0 Å². The van der Waals surface area contributed by atoms with Gasteiger partial charge in [0.1, 0.15) is 0 Å². The monoisotopic (exact) mass is 310 g/mol. The molecule has 0 unspecified atom stereocenters. The number of rotatable bonds is 3. The fourth-order valence-electron chi connectivity index (χ4n) is 1.59. The quantitative estimate of drug-likeness (QED) is 0.537. The molecule has 0 saturated heterocycles. The molecule has 2 aromatic rings. The van der Waals surface area contributed by atoms with E-state index in [2.05, 4.69) is 0 Å². The number of ketones is 1. The summed E-state index contributed by atoms with van der Waals surface area (Å²) in [5.74, 6) is -0.165. The summed E-state index contributed by atoms with van der Waals surface area (Å²) >= 11 is 17.7. The van der Waals surface area contributed by atoms with Crippen LogP contribution in [-0.2, 0) is 0 Å². The molecule has 0 bridgehead atoms. The first kappa shape index (κ1) is 14.1. The maximum atomic E-state index is 12.0. The van der Waals surface area contributed by atoms with E-state index in [-0.39, 0.29) is 5.78 Å². The first-order valence-corrected chi connectivity index (χ1v) is 6.63. The molecule has 96 valence electrons. The standard InChI is InChI=1S/C15H9Cl3O/c16-11-7-10(8-12(17)9-11)5-6-15(19)13-3-1-2-4-14(13)18/h1-9H/b6-5+. The van der Waals surface area contributed by atoms with Crippen LogP contribution >= 0.6 is 34.8 Å². The van der Waals surface area contributed by atoms with Crippen LogP contribution in [0.15, 0.2) is 48.5 Å². The van der Waals surface area contributed by atoms with Crippen molar-refractivity contribution in [3.8, 4) is 0 Å². The van der Waals surface area contributed by atoms with Crippen LogP contribution in [0.2, 0.25) is 15.1 Å². The van der Waals surface area contributed by atoms with Gasteiger partial charge in [0.2, 0.25) is 0 Å². The SMILES string of the molecule is O=C(/C=C/c1cc(Cl)cc(Cl)c1)c1ccccc1Cl. The molecule has 2 rings (SSSR count). The zero-order valence-electron chi connectivity index (χ0n) is 9.74. The Labute approximate surface area is 126 Å². The summed E-state index contributed by atoms with van der Waals surface area (Å²) in [6.07, 6.45) is 3.10. The van der Waals surface area contributed by atoms with Gasteiger partial charge in [0, 0.05) is 15.6 Å². The normalized spacial score (nSPS) is 10.9. The Kier molecular flexibility index (Phi) is 4.65. The van der Waals surface area contributed by atoms with Crippen LogP contribution in [0.5, 0.6) is 0 Å². The van der Waals surface area contributed by atoms with Crippen molar-refractivity contribution in [2.24, 2.45) is 0 Å². The number of carbonyl (C=O) groups excluding carboxylic acids is 1. The van der Waals surface area contributed by atoms with Gasteiger partial charge in [-0.1, -0.05) is 53.0 Å². The predicted molar refractivity (Wildman–Crippen MR) is 81.3 cm³/mol. The highest BCUT2D eigenvalue weighted by Crippen LogP contribution is 2.21. The van der Waals surface area contributed by atoms with E-state index >= 15 is 0 Å². The second-order valence-corrected chi connectivity index (χ2v) is 5.16. The molecule has 0 aliphatic rings. The molecule has 0 aromatic heterocycles. The highest BCUT2D eigenvalue weighted by atomic mass is 35.5. The van der Waals surface area contributed by atoms with Crippen LogP contribution in [0.3, 0.4) is 0 Å². The molecule has 0 amide bonds. The Morgan fingerprint density at radius 2 is 1.58 bits per heavy atom. The second kappa shape index (κ2) is 6.25. The molecule has 0 N–H and O–H groups in total. The van der Waals surface area contributed by atoms with Crippen molar-refractivity contribution in [3.63, 3.8) is 0 Å². The third-order valence-electron chi connectivity index (χ3n) is 2.45. The first-order chi connectivity index (χ1) is 9.06. The van der Waals surface area contributed by atoms with Gasteiger partial charge >= 0.3 is 0 Å². The summed E-state index contributed by atoms with van der Waals surface area (Å²) in [5, 5.41) is 1.48. The molecule has 0 saturated carbocycles. The number of carbonyl (C=O) groups is 1. The number of allylic oxidation sites excluding steroid dienone is 1. The maximum absolute atomic E-state index is 12.0. The molecule has 0 aliphatic carbocycles. The fraction of sp³-hybridized carbons (Fsp3) is 0. The molecular weight excluding hydrogens is 303 g/mol. The minimum atomic E-state index is -0.165. The lowest BCUT2D eigenvalue weighted by atomic mass is 10.1. The number of benzene rings is 2. The Morgan fingerprint density at radius 3 is 2.21 bits per heavy atom. The molecular formula is C15H9Cl3O. The molecule has 1 nitrogen and oxygen atoms in total. The molecule has 2 aromatic carbocycles. The van der Waals surface area contributed by atoms with Crippen LogP contribution < -0.4 is 0 Å². The van der Waals surface area contributed by atoms with Crippen LogP contribution in [0, 0.1) is 0 Å². The topological polar surface area (TPSA) is 17.1 Å². The van der Waals surface area contributed by atoms with E-state index in [1.54, 1.807) is 48.5 Å². The van der Waals surface area contributed by atoms with E-state index < -0.39 is 0 Å². The van der Waals surface area contributed by atoms with Crippen molar-refractivity contribution in [2.75, 3.05) is 0 Å². The lowest BCUT2D eigenvalue weighted by Crippen LogP contribution is -1.94. The van der Waals surface area contributed by atoms with Crippen LogP contribution in [-0.4, -0.2) is 5.78 Å². The largest absolute Gasteiger partial charge is 0.289 e. The van der Waals surface area contributed by atoms with Crippen molar-refractivity contribution >= 4 is 46.7 Å². The number of hydrogen-bond acceptors (Lipinski definition) is 1. The van der Waals surface area contributed by atoms with Gasteiger partial charge in [-0.2, -0.15) is 0 Å².